The standard InChI is InChI=1S/C22H38N6O9S/c23-4-1-17(29)25-5-6-26-19(31)3-9-36-11-12-37-10-7-27-18(30)2-8-28-20(32)13-16(21(28)33)38-14-15(24)22(34)35/h15-16H,1-14,23-24H2,(H,25,29)(H,26,31)(H,27,30)(H,34,35). The Labute approximate surface area is 225 Å². The van der Waals surface area contributed by atoms with Gasteiger partial charge in [0.2, 0.25) is 29.5 Å². The molecule has 1 fully saturated rings. The second kappa shape index (κ2) is 19.3. The molecule has 0 saturated carbocycles. The van der Waals surface area contributed by atoms with E-state index >= 15 is 0 Å². The maximum atomic E-state index is 12.3. The second-order valence-corrected chi connectivity index (χ2v) is 9.40. The van der Waals surface area contributed by atoms with Crippen molar-refractivity contribution >= 4 is 47.3 Å². The summed E-state index contributed by atoms with van der Waals surface area (Å²) in [5, 5.41) is 16.0. The molecule has 216 valence electrons. The van der Waals surface area contributed by atoms with Gasteiger partial charge in [-0.3, -0.25) is 33.7 Å². The van der Waals surface area contributed by atoms with Crippen molar-refractivity contribution in [1.29, 1.82) is 0 Å². The van der Waals surface area contributed by atoms with Crippen molar-refractivity contribution in [3.63, 3.8) is 0 Å². The van der Waals surface area contributed by atoms with Crippen molar-refractivity contribution in [2.75, 3.05) is 64.9 Å². The molecule has 38 heavy (non-hydrogen) atoms. The van der Waals surface area contributed by atoms with Gasteiger partial charge in [-0.2, -0.15) is 0 Å². The zero-order chi connectivity index (χ0) is 28.3. The van der Waals surface area contributed by atoms with Crippen LogP contribution in [-0.2, 0) is 38.2 Å². The van der Waals surface area contributed by atoms with E-state index in [4.69, 9.17) is 26.0 Å². The van der Waals surface area contributed by atoms with Gasteiger partial charge >= 0.3 is 5.97 Å². The largest absolute Gasteiger partial charge is 0.480 e. The second-order valence-electron chi connectivity index (χ2n) is 8.17. The fourth-order valence-electron chi connectivity index (χ4n) is 3.07. The average molecular weight is 563 g/mol. The van der Waals surface area contributed by atoms with Crippen molar-refractivity contribution in [1.82, 2.24) is 20.9 Å². The fraction of sp³-hybridized carbons (Fsp3) is 0.727. The Hall–Kier alpha value is -2.79. The lowest BCUT2D eigenvalue weighted by Gasteiger charge is -2.15. The van der Waals surface area contributed by atoms with Crippen LogP contribution in [0.2, 0.25) is 0 Å². The molecule has 1 heterocycles. The number of thioether (sulfide) groups is 1. The van der Waals surface area contributed by atoms with E-state index in [0.717, 1.165) is 16.7 Å². The van der Waals surface area contributed by atoms with Crippen LogP contribution in [0.1, 0.15) is 25.7 Å². The lowest BCUT2D eigenvalue weighted by molar-refractivity contribution is -0.139. The van der Waals surface area contributed by atoms with E-state index in [-0.39, 0.29) is 95.2 Å². The third-order valence-corrected chi connectivity index (χ3v) is 6.44. The van der Waals surface area contributed by atoms with Crippen molar-refractivity contribution in [3.05, 3.63) is 0 Å². The Morgan fingerprint density at radius 3 is 2.13 bits per heavy atom. The quantitative estimate of drug-likeness (QED) is 0.0599. The molecule has 1 saturated heterocycles. The predicted octanol–water partition coefficient (Wildman–Crippen LogP) is -3.23. The van der Waals surface area contributed by atoms with Crippen LogP contribution in [0.3, 0.4) is 0 Å². The van der Waals surface area contributed by atoms with E-state index in [2.05, 4.69) is 16.0 Å². The molecule has 15 nitrogen and oxygen atoms in total. The molecule has 1 aliphatic heterocycles. The van der Waals surface area contributed by atoms with Gasteiger partial charge in [-0.1, -0.05) is 0 Å². The monoisotopic (exact) mass is 562 g/mol. The number of carbonyl (C=O) groups excluding carboxylic acids is 5. The van der Waals surface area contributed by atoms with Gasteiger partial charge in [0.05, 0.1) is 31.7 Å². The zero-order valence-electron chi connectivity index (χ0n) is 21.3. The van der Waals surface area contributed by atoms with E-state index in [1.165, 1.54) is 0 Å². The number of likely N-dealkylation sites (tertiary alicyclic amines) is 1. The molecule has 1 aliphatic rings. The number of aliphatic carboxylic acids is 1. The Morgan fingerprint density at radius 1 is 0.921 bits per heavy atom. The first kappa shape index (κ1) is 33.2. The maximum absolute atomic E-state index is 12.3. The molecule has 0 aromatic rings. The molecule has 0 bridgehead atoms. The van der Waals surface area contributed by atoms with Crippen LogP contribution in [0.15, 0.2) is 0 Å². The number of carbonyl (C=O) groups is 6. The topological polar surface area (TPSA) is 232 Å². The average Bonchev–Trinajstić information content (AvgIpc) is 3.14. The number of imide groups is 1. The fourth-order valence-corrected chi connectivity index (χ4v) is 4.18. The number of rotatable bonds is 21. The number of nitrogens with two attached hydrogens (primary N) is 2. The SMILES string of the molecule is NCCC(=O)NCCNC(=O)CCOCCOCCNC(=O)CCN1C(=O)CC(SCC(N)C(=O)O)C1=O. The van der Waals surface area contributed by atoms with Crippen molar-refractivity contribution in [2.24, 2.45) is 11.5 Å². The summed E-state index contributed by atoms with van der Waals surface area (Å²) in [5.41, 5.74) is 10.7. The summed E-state index contributed by atoms with van der Waals surface area (Å²) < 4.78 is 10.6. The molecule has 8 N–H and O–H groups in total. The third-order valence-electron chi connectivity index (χ3n) is 5.11. The molecule has 0 aliphatic carbocycles. The molecule has 1 rings (SSSR count). The van der Waals surface area contributed by atoms with Gasteiger partial charge in [-0.05, 0) is 0 Å². The van der Waals surface area contributed by atoms with Crippen LogP contribution >= 0.6 is 11.8 Å². The normalized spacial score (nSPS) is 15.8. The molecule has 0 radical (unpaired) electrons. The number of hydrogen-bond acceptors (Lipinski definition) is 11. The summed E-state index contributed by atoms with van der Waals surface area (Å²) in [4.78, 5) is 71.1. The number of nitrogens with zero attached hydrogens (tertiary/aromatic N) is 1. The third kappa shape index (κ3) is 14.2. The van der Waals surface area contributed by atoms with Gasteiger partial charge in [-0.25, -0.2) is 0 Å². The minimum atomic E-state index is -1.18. The summed E-state index contributed by atoms with van der Waals surface area (Å²) in [6.45, 7) is 2.08. The van der Waals surface area contributed by atoms with Crippen LogP contribution in [-0.4, -0.2) is 122 Å². The van der Waals surface area contributed by atoms with Gasteiger partial charge in [0, 0.05) is 64.2 Å². The van der Waals surface area contributed by atoms with Gasteiger partial charge in [0.25, 0.3) is 0 Å². The van der Waals surface area contributed by atoms with Crippen LogP contribution in [0, 0.1) is 0 Å². The van der Waals surface area contributed by atoms with Crippen molar-refractivity contribution < 1.29 is 43.3 Å². The van der Waals surface area contributed by atoms with Crippen LogP contribution < -0.4 is 27.4 Å². The number of amides is 5. The van der Waals surface area contributed by atoms with Gasteiger partial charge < -0.3 is 42.0 Å². The lowest BCUT2D eigenvalue weighted by Crippen LogP contribution is -2.37. The predicted molar refractivity (Wildman–Crippen MR) is 137 cm³/mol. The Morgan fingerprint density at radius 2 is 1.50 bits per heavy atom. The maximum Gasteiger partial charge on any atom is 0.321 e. The zero-order valence-corrected chi connectivity index (χ0v) is 22.1. The highest BCUT2D eigenvalue weighted by Gasteiger charge is 2.39. The van der Waals surface area contributed by atoms with E-state index in [0.29, 0.717) is 13.1 Å². The highest BCUT2D eigenvalue weighted by Crippen LogP contribution is 2.25. The van der Waals surface area contributed by atoms with E-state index < -0.39 is 29.1 Å². The van der Waals surface area contributed by atoms with Gasteiger partial charge in [0.15, 0.2) is 0 Å². The molecule has 0 aromatic carbocycles. The molecule has 16 heteroatoms. The van der Waals surface area contributed by atoms with Gasteiger partial charge in [-0.15, -0.1) is 11.8 Å². The minimum Gasteiger partial charge on any atom is -0.480 e. The molecular weight excluding hydrogens is 524 g/mol. The number of nitrogens with one attached hydrogen (secondary N) is 3. The van der Waals surface area contributed by atoms with Crippen molar-refractivity contribution in [3.8, 4) is 0 Å². The lowest BCUT2D eigenvalue weighted by atomic mass is 10.3. The Balaban J connectivity index is 2.01. The first-order chi connectivity index (χ1) is 18.1. The number of carboxylic acids is 1. The van der Waals surface area contributed by atoms with E-state index in [1.54, 1.807) is 0 Å². The number of carboxylic acid groups (broad SMARTS) is 1. The molecular formula is C22H38N6O9S. The van der Waals surface area contributed by atoms with E-state index in [9.17, 15) is 28.8 Å². The van der Waals surface area contributed by atoms with Crippen molar-refractivity contribution in [2.45, 2.75) is 37.0 Å². The van der Waals surface area contributed by atoms with Crippen LogP contribution in [0.25, 0.3) is 0 Å². The Kier molecular flexibility index (Phi) is 16.9. The first-order valence-electron chi connectivity index (χ1n) is 12.3. The summed E-state index contributed by atoms with van der Waals surface area (Å²) >= 11 is 1.02. The van der Waals surface area contributed by atoms with Gasteiger partial charge in [0.1, 0.15) is 6.04 Å². The summed E-state index contributed by atoms with van der Waals surface area (Å²) in [7, 11) is 0. The summed E-state index contributed by atoms with van der Waals surface area (Å²) in [6.07, 6.45) is 0.307. The number of ether oxygens (including phenoxy) is 2. The smallest absolute Gasteiger partial charge is 0.321 e. The summed E-state index contributed by atoms with van der Waals surface area (Å²) in [6, 6.07) is -1.12. The summed E-state index contributed by atoms with van der Waals surface area (Å²) in [5.74, 6) is -2.73. The first-order valence-corrected chi connectivity index (χ1v) is 13.3. The number of hydrogen-bond donors (Lipinski definition) is 6. The molecule has 2 atom stereocenters. The molecule has 0 aromatic heterocycles. The van der Waals surface area contributed by atoms with E-state index in [1.807, 2.05) is 0 Å². The molecule has 2 unspecified atom stereocenters. The Bertz CT molecular complexity index is 816. The van der Waals surface area contributed by atoms with Crippen LogP contribution in [0.4, 0.5) is 0 Å². The molecule has 5 amide bonds. The highest BCUT2D eigenvalue weighted by atomic mass is 32.2. The van der Waals surface area contributed by atoms with Crippen LogP contribution in [0.5, 0.6) is 0 Å². The highest BCUT2D eigenvalue weighted by molar-refractivity contribution is 8.00. The minimum absolute atomic E-state index is 0.00592. The molecule has 0 spiro atoms.